The number of benzene rings is 2. The maximum atomic E-state index is 13.0. The molecular formula is C22H21N7O. The van der Waals surface area contributed by atoms with E-state index >= 15 is 0 Å². The highest BCUT2D eigenvalue weighted by Gasteiger charge is 2.16. The third-order valence-corrected chi connectivity index (χ3v) is 4.69. The van der Waals surface area contributed by atoms with Crippen molar-refractivity contribution in [2.45, 2.75) is 13.8 Å². The lowest BCUT2D eigenvalue weighted by molar-refractivity contribution is 0.101. The molecule has 0 spiro atoms. The number of anilines is 1. The maximum Gasteiger partial charge on any atom is 0.274 e. The van der Waals surface area contributed by atoms with Crippen LogP contribution in [0.1, 0.15) is 27.6 Å². The summed E-state index contributed by atoms with van der Waals surface area (Å²) in [6.07, 6.45) is 3.63. The van der Waals surface area contributed by atoms with Crippen molar-refractivity contribution in [1.82, 2.24) is 19.3 Å². The van der Waals surface area contributed by atoms with E-state index in [4.69, 9.17) is 11.1 Å². The topological polar surface area (TPSA) is 115 Å². The number of imidazole rings is 1. The molecule has 0 radical (unpaired) electrons. The first-order chi connectivity index (χ1) is 14.4. The number of aromatic nitrogens is 4. The Bertz CT molecular complexity index is 1230. The Hall–Kier alpha value is -4.20. The molecular weight excluding hydrogens is 378 g/mol. The minimum absolute atomic E-state index is 0.0417. The van der Waals surface area contributed by atoms with Crippen molar-refractivity contribution in [3.05, 3.63) is 89.8 Å². The van der Waals surface area contributed by atoms with Gasteiger partial charge in [-0.15, -0.1) is 0 Å². The van der Waals surface area contributed by atoms with Crippen LogP contribution in [0.4, 0.5) is 5.69 Å². The molecule has 0 aliphatic rings. The number of aryl methyl sites for hydroxylation is 2. The van der Waals surface area contributed by atoms with Crippen LogP contribution in [0, 0.1) is 19.3 Å². The molecule has 4 aromatic rings. The minimum atomic E-state index is -0.282. The van der Waals surface area contributed by atoms with E-state index in [-0.39, 0.29) is 11.7 Å². The van der Waals surface area contributed by atoms with E-state index in [1.807, 2.05) is 54.9 Å². The Morgan fingerprint density at radius 3 is 2.50 bits per heavy atom. The molecule has 30 heavy (non-hydrogen) atoms. The zero-order valence-corrected chi connectivity index (χ0v) is 16.6. The molecule has 0 saturated heterocycles. The van der Waals surface area contributed by atoms with Crippen LogP contribution < -0.4 is 11.1 Å². The Balaban J connectivity index is 1.60. The fraction of sp³-hybridized carbons (Fsp3) is 0.0909. The lowest BCUT2D eigenvalue weighted by Gasteiger charge is -2.10. The first-order valence-corrected chi connectivity index (χ1v) is 9.35. The van der Waals surface area contributed by atoms with Crippen LogP contribution in [0.15, 0.2) is 67.0 Å². The molecule has 2 aromatic carbocycles. The smallest absolute Gasteiger partial charge is 0.274 e. The minimum Gasteiger partial charge on any atom is -0.384 e. The Morgan fingerprint density at radius 2 is 1.83 bits per heavy atom. The average Bonchev–Trinajstić information content (AvgIpc) is 3.34. The summed E-state index contributed by atoms with van der Waals surface area (Å²) in [5.41, 5.74) is 9.55. The number of hydrogen-bond donors (Lipinski definition) is 3. The molecule has 0 aliphatic carbocycles. The van der Waals surface area contributed by atoms with E-state index in [1.54, 1.807) is 35.1 Å². The molecule has 8 heteroatoms. The summed E-state index contributed by atoms with van der Waals surface area (Å²) >= 11 is 0. The molecule has 0 saturated carbocycles. The van der Waals surface area contributed by atoms with Crippen LogP contribution in [0.25, 0.3) is 11.4 Å². The molecule has 150 valence electrons. The number of nitrogen functional groups attached to an aromatic ring is 1. The zero-order chi connectivity index (χ0) is 21.3. The van der Waals surface area contributed by atoms with Gasteiger partial charge >= 0.3 is 0 Å². The van der Waals surface area contributed by atoms with Crippen molar-refractivity contribution in [1.29, 1.82) is 5.41 Å². The van der Waals surface area contributed by atoms with E-state index in [9.17, 15) is 4.79 Å². The molecule has 0 bridgehead atoms. The predicted molar refractivity (Wildman–Crippen MR) is 116 cm³/mol. The third kappa shape index (κ3) is 3.70. The van der Waals surface area contributed by atoms with Gasteiger partial charge in [-0.05, 0) is 56.3 Å². The Morgan fingerprint density at radius 1 is 1.07 bits per heavy atom. The first-order valence-electron chi connectivity index (χ1n) is 9.35. The molecule has 0 aliphatic heterocycles. The van der Waals surface area contributed by atoms with Crippen molar-refractivity contribution in [2.24, 2.45) is 5.73 Å². The van der Waals surface area contributed by atoms with Crippen LogP contribution in [0.3, 0.4) is 0 Å². The van der Waals surface area contributed by atoms with Gasteiger partial charge in [0.05, 0.1) is 11.4 Å². The predicted octanol–water partition coefficient (Wildman–Crippen LogP) is 3.21. The molecule has 0 atom stereocenters. The number of hydrogen-bond acceptors (Lipinski definition) is 4. The average molecular weight is 399 g/mol. The summed E-state index contributed by atoms with van der Waals surface area (Å²) < 4.78 is 3.52. The first kappa shape index (κ1) is 19.1. The molecule has 8 nitrogen and oxygen atoms in total. The summed E-state index contributed by atoms with van der Waals surface area (Å²) in [6.45, 7) is 3.75. The van der Waals surface area contributed by atoms with Gasteiger partial charge in [0.15, 0.2) is 0 Å². The zero-order valence-electron chi connectivity index (χ0n) is 16.6. The molecule has 4 N–H and O–H groups in total. The van der Waals surface area contributed by atoms with E-state index < -0.39 is 0 Å². The second-order valence-electron chi connectivity index (χ2n) is 6.89. The second-order valence-corrected chi connectivity index (χ2v) is 6.89. The number of carbonyl (C=O) groups is 1. The lowest BCUT2D eigenvalue weighted by atomic mass is 10.2. The lowest BCUT2D eigenvalue weighted by Crippen LogP contribution is -2.17. The van der Waals surface area contributed by atoms with Crippen molar-refractivity contribution in [3.8, 4) is 11.4 Å². The van der Waals surface area contributed by atoms with Gasteiger partial charge in [-0.3, -0.25) is 10.2 Å². The second kappa shape index (κ2) is 7.67. The van der Waals surface area contributed by atoms with E-state index in [0.717, 1.165) is 11.5 Å². The van der Waals surface area contributed by atoms with Gasteiger partial charge in [-0.2, -0.15) is 5.10 Å². The van der Waals surface area contributed by atoms with Gasteiger partial charge in [0.1, 0.15) is 17.4 Å². The molecule has 1 amide bonds. The SMILES string of the molecule is Cc1cc(C(=O)Nc2ccc(-n3ccnc3C)cc2)n(-c2cccc(C(=N)N)c2)n1. The quantitative estimate of drug-likeness (QED) is 0.353. The summed E-state index contributed by atoms with van der Waals surface area (Å²) in [5, 5.41) is 15.0. The van der Waals surface area contributed by atoms with Crippen LogP contribution >= 0.6 is 0 Å². The van der Waals surface area contributed by atoms with E-state index in [1.165, 1.54) is 0 Å². The van der Waals surface area contributed by atoms with Crippen LogP contribution in [-0.2, 0) is 0 Å². The van der Waals surface area contributed by atoms with E-state index in [0.29, 0.717) is 28.3 Å². The van der Waals surface area contributed by atoms with Crippen LogP contribution in [0.5, 0.6) is 0 Å². The fourth-order valence-corrected chi connectivity index (χ4v) is 3.21. The van der Waals surface area contributed by atoms with Crippen molar-refractivity contribution in [3.63, 3.8) is 0 Å². The molecule has 4 rings (SSSR count). The van der Waals surface area contributed by atoms with Crippen LogP contribution in [-0.4, -0.2) is 31.1 Å². The number of carbonyl (C=O) groups excluding carboxylic acids is 1. The van der Waals surface area contributed by atoms with Gasteiger partial charge < -0.3 is 15.6 Å². The van der Waals surface area contributed by atoms with Gasteiger partial charge in [0.2, 0.25) is 0 Å². The number of nitrogens with zero attached hydrogens (tertiary/aromatic N) is 4. The Labute approximate surface area is 173 Å². The standard InChI is InChI=1S/C22H21N7O/c1-14-12-20(29(27-14)19-5-3-4-16(13-19)21(23)24)22(30)26-17-6-8-18(9-7-17)28-11-10-25-15(28)2/h3-13H,1-2H3,(H3,23,24)(H,26,30). The third-order valence-electron chi connectivity index (χ3n) is 4.69. The summed E-state index contributed by atoms with van der Waals surface area (Å²) in [6, 6.07) is 16.3. The van der Waals surface area contributed by atoms with Crippen LogP contribution in [0.2, 0.25) is 0 Å². The van der Waals surface area contributed by atoms with Crippen molar-refractivity contribution >= 4 is 17.4 Å². The summed E-state index contributed by atoms with van der Waals surface area (Å²) in [5.74, 6) is 0.564. The normalized spacial score (nSPS) is 10.7. The largest absolute Gasteiger partial charge is 0.384 e. The van der Waals surface area contributed by atoms with Gasteiger partial charge in [0, 0.05) is 29.3 Å². The number of nitrogens with one attached hydrogen (secondary N) is 2. The van der Waals surface area contributed by atoms with Crippen molar-refractivity contribution < 1.29 is 4.79 Å². The molecule has 2 aromatic heterocycles. The highest BCUT2D eigenvalue weighted by molar-refractivity contribution is 6.03. The highest BCUT2D eigenvalue weighted by atomic mass is 16.2. The number of rotatable bonds is 5. The molecule has 0 fully saturated rings. The summed E-state index contributed by atoms with van der Waals surface area (Å²) in [7, 11) is 0. The summed E-state index contributed by atoms with van der Waals surface area (Å²) in [4.78, 5) is 17.2. The van der Waals surface area contributed by atoms with E-state index in [2.05, 4.69) is 15.4 Å². The van der Waals surface area contributed by atoms with Gasteiger partial charge in [0.25, 0.3) is 5.91 Å². The molecule has 0 unspecified atom stereocenters. The van der Waals surface area contributed by atoms with Gasteiger partial charge in [-0.25, -0.2) is 9.67 Å². The highest BCUT2D eigenvalue weighted by Crippen LogP contribution is 2.18. The number of nitrogens with two attached hydrogens (primary N) is 1. The fourth-order valence-electron chi connectivity index (χ4n) is 3.21. The Kier molecular flexibility index (Phi) is 4.89. The monoisotopic (exact) mass is 399 g/mol. The molecule has 2 heterocycles. The van der Waals surface area contributed by atoms with Crippen molar-refractivity contribution in [2.75, 3.05) is 5.32 Å². The van der Waals surface area contributed by atoms with Gasteiger partial charge in [-0.1, -0.05) is 12.1 Å². The maximum absolute atomic E-state index is 13.0. The number of amidine groups is 1. The number of amides is 1.